The normalized spacial score (nSPS) is 22.8. The maximum atomic E-state index is 10.9. The van der Waals surface area contributed by atoms with Crippen molar-refractivity contribution < 1.29 is 12.6 Å². The topological polar surface area (TPSA) is 46.6 Å². The van der Waals surface area contributed by atoms with Crippen molar-refractivity contribution in [2.45, 2.75) is 39.0 Å². The molecule has 1 saturated heterocycles. The highest BCUT2D eigenvalue weighted by Crippen LogP contribution is 2.17. The summed E-state index contributed by atoms with van der Waals surface area (Å²) in [6.45, 7) is 5.84. The summed E-state index contributed by atoms with van der Waals surface area (Å²) in [5.41, 5.74) is 0. The second-order valence-corrected chi connectivity index (χ2v) is 6.65. The summed E-state index contributed by atoms with van der Waals surface area (Å²) < 4.78 is 26.7. The Balaban J connectivity index is 2.24. The summed E-state index contributed by atoms with van der Waals surface area (Å²) in [6.07, 6.45) is 7.13. The SMILES string of the molecule is CCCCCN1CCCC(COS(C)(=O)=O)C1. The van der Waals surface area contributed by atoms with Crippen LogP contribution < -0.4 is 0 Å². The number of rotatable bonds is 7. The largest absolute Gasteiger partial charge is 0.303 e. The molecule has 0 bridgehead atoms. The molecule has 5 heteroatoms. The van der Waals surface area contributed by atoms with E-state index in [4.69, 9.17) is 4.18 Å². The summed E-state index contributed by atoms with van der Waals surface area (Å²) in [7, 11) is -3.28. The zero-order chi connectivity index (χ0) is 12.7. The van der Waals surface area contributed by atoms with E-state index >= 15 is 0 Å². The molecule has 102 valence electrons. The molecule has 0 aromatic heterocycles. The Morgan fingerprint density at radius 1 is 1.35 bits per heavy atom. The van der Waals surface area contributed by atoms with Gasteiger partial charge in [0.05, 0.1) is 12.9 Å². The summed E-state index contributed by atoms with van der Waals surface area (Å²) in [6, 6.07) is 0. The van der Waals surface area contributed by atoms with Crippen molar-refractivity contribution in [3.8, 4) is 0 Å². The second-order valence-electron chi connectivity index (χ2n) is 5.00. The van der Waals surface area contributed by atoms with Gasteiger partial charge >= 0.3 is 0 Å². The Hall–Kier alpha value is -0.130. The van der Waals surface area contributed by atoms with E-state index < -0.39 is 10.1 Å². The zero-order valence-electron chi connectivity index (χ0n) is 11.0. The van der Waals surface area contributed by atoms with Crippen LogP contribution in [0.1, 0.15) is 39.0 Å². The maximum Gasteiger partial charge on any atom is 0.264 e. The summed E-state index contributed by atoms with van der Waals surface area (Å²) in [5, 5.41) is 0. The van der Waals surface area contributed by atoms with E-state index in [0.717, 1.165) is 38.7 Å². The Morgan fingerprint density at radius 2 is 2.12 bits per heavy atom. The van der Waals surface area contributed by atoms with E-state index in [1.807, 2.05) is 0 Å². The fourth-order valence-corrected chi connectivity index (χ4v) is 2.74. The fraction of sp³-hybridized carbons (Fsp3) is 1.00. The minimum absolute atomic E-state index is 0.350. The van der Waals surface area contributed by atoms with Crippen LogP contribution >= 0.6 is 0 Å². The molecule has 0 N–H and O–H groups in total. The van der Waals surface area contributed by atoms with E-state index in [0.29, 0.717) is 12.5 Å². The lowest BCUT2D eigenvalue weighted by Gasteiger charge is -2.32. The summed E-state index contributed by atoms with van der Waals surface area (Å²) in [4.78, 5) is 2.44. The van der Waals surface area contributed by atoms with E-state index in [-0.39, 0.29) is 0 Å². The van der Waals surface area contributed by atoms with Crippen molar-refractivity contribution in [3.63, 3.8) is 0 Å². The van der Waals surface area contributed by atoms with Gasteiger partial charge in [0.2, 0.25) is 0 Å². The average molecular weight is 263 g/mol. The van der Waals surface area contributed by atoms with E-state index in [9.17, 15) is 8.42 Å². The highest BCUT2D eigenvalue weighted by molar-refractivity contribution is 7.85. The predicted molar refractivity (Wildman–Crippen MR) is 69.5 cm³/mol. The molecule has 0 radical (unpaired) electrons. The standard InChI is InChI=1S/C12H25NO3S/c1-3-4-5-8-13-9-6-7-12(10-13)11-16-17(2,14)15/h12H,3-11H2,1-2H3. The van der Waals surface area contributed by atoms with E-state index in [1.54, 1.807) is 0 Å². The van der Waals surface area contributed by atoms with Crippen LogP contribution in [-0.2, 0) is 14.3 Å². The molecule has 0 aromatic carbocycles. The van der Waals surface area contributed by atoms with Gasteiger partial charge in [0.25, 0.3) is 10.1 Å². The van der Waals surface area contributed by atoms with Crippen molar-refractivity contribution in [2.75, 3.05) is 32.5 Å². The molecule has 17 heavy (non-hydrogen) atoms. The van der Waals surface area contributed by atoms with Crippen LogP contribution in [0.5, 0.6) is 0 Å². The van der Waals surface area contributed by atoms with Gasteiger partial charge in [-0.1, -0.05) is 19.8 Å². The summed E-state index contributed by atoms with van der Waals surface area (Å²) in [5.74, 6) is 0.375. The minimum Gasteiger partial charge on any atom is -0.303 e. The molecule has 0 aliphatic carbocycles. The molecule has 1 rings (SSSR count). The van der Waals surface area contributed by atoms with Gasteiger partial charge in [-0.15, -0.1) is 0 Å². The molecule has 1 atom stereocenters. The summed E-state index contributed by atoms with van der Waals surface area (Å²) >= 11 is 0. The lowest BCUT2D eigenvalue weighted by molar-refractivity contribution is 0.131. The Bertz CT molecular complexity index is 303. The molecule has 1 unspecified atom stereocenters. The fourth-order valence-electron chi connectivity index (χ4n) is 2.30. The first kappa shape index (κ1) is 14.9. The molecule has 1 aliphatic heterocycles. The molecule has 0 spiro atoms. The monoisotopic (exact) mass is 263 g/mol. The van der Waals surface area contributed by atoms with Crippen molar-refractivity contribution in [3.05, 3.63) is 0 Å². The molecule has 4 nitrogen and oxygen atoms in total. The van der Waals surface area contributed by atoms with Gasteiger partial charge in [-0.25, -0.2) is 0 Å². The first-order valence-electron chi connectivity index (χ1n) is 6.58. The quantitative estimate of drug-likeness (QED) is 0.519. The molecular weight excluding hydrogens is 238 g/mol. The van der Waals surface area contributed by atoms with Gasteiger partial charge in [-0.2, -0.15) is 8.42 Å². The number of piperidine rings is 1. The van der Waals surface area contributed by atoms with Crippen molar-refractivity contribution in [2.24, 2.45) is 5.92 Å². The average Bonchev–Trinajstić information content (AvgIpc) is 2.27. The second kappa shape index (κ2) is 7.34. The molecule has 1 heterocycles. The molecule has 1 fully saturated rings. The first-order valence-corrected chi connectivity index (χ1v) is 8.39. The molecule has 0 saturated carbocycles. The van der Waals surface area contributed by atoms with Crippen LogP contribution in [0.25, 0.3) is 0 Å². The van der Waals surface area contributed by atoms with Crippen LogP contribution in [0.3, 0.4) is 0 Å². The number of likely N-dealkylation sites (tertiary alicyclic amines) is 1. The van der Waals surface area contributed by atoms with Crippen molar-refractivity contribution in [1.82, 2.24) is 4.90 Å². The lowest BCUT2D eigenvalue weighted by atomic mass is 9.99. The van der Waals surface area contributed by atoms with Gasteiger partial charge in [0.15, 0.2) is 0 Å². The first-order chi connectivity index (χ1) is 8.01. The predicted octanol–water partition coefficient (Wildman–Crippen LogP) is 1.86. The van der Waals surface area contributed by atoms with Gasteiger partial charge in [-0.3, -0.25) is 4.18 Å². The van der Waals surface area contributed by atoms with Gasteiger partial charge in [0.1, 0.15) is 0 Å². The van der Waals surface area contributed by atoms with Gasteiger partial charge in [-0.05, 0) is 38.3 Å². The van der Waals surface area contributed by atoms with Crippen LogP contribution in [0.15, 0.2) is 0 Å². The Morgan fingerprint density at radius 3 is 2.76 bits per heavy atom. The minimum atomic E-state index is -3.28. The van der Waals surface area contributed by atoms with Crippen LogP contribution in [-0.4, -0.2) is 45.8 Å². The number of unbranched alkanes of at least 4 members (excludes halogenated alkanes) is 2. The maximum absolute atomic E-state index is 10.9. The number of nitrogens with zero attached hydrogens (tertiary/aromatic N) is 1. The molecule has 1 aliphatic rings. The van der Waals surface area contributed by atoms with Crippen LogP contribution in [0, 0.1) is 5.92 Å². The Kier molecular flexibility index (Phi) is 6.44. The highest BCUT2D eigenvalue weighted by Gasteiger charge is 2.20. The number of hydrogen-bond acceptors (Lipinski definition) is 4. The molecule has 0 aromatic rings. The highest BCUT2D eigenvalue weighted by atomic mass is 32.2. The molecule has 0 amide bonds. The number of hydrogen-bond donors (Lipinski definition) is 0. The van der Waals surface area contributed by atoms with Crippen molar-refractivity contribution in [1.29, 1.82) is 0 Å². The lowest BCUT2D eigenvalue weighted by Crippen LogP contribution is -2.38. The van der Waals surface area contributed by atoms with E-state index in [2.05, 4.69) is 11.8 Å². The van der Waals surface area contributed by atoms with Gasteiger partial charge in [0, 0.05) is 6.54 Å². The third kappa shape index (κ3) is 7.01. The van der Waals surface area contributed by atoms with Gasteiger partial charge < -0.3 is 4.90 Å². The van der Waals surface area contributed by atoms with Crippen molar-refractivity contribution >= 4 is 10.1 Å². The third-order valence-electron chi connectivity index (χ3n) is 3.20. The zero-order valence-corrected chi connectivity index (χ0v) is 11.8. The molecular formula is C12H25NO3S. The Labute approximate surface area is 105 Å². The van der Waals surface area contributed by atoms with Crippen LogP contribution in [0.2, 0.25) is 0 Å². The third-order valence-corrected chi connectivity index (χ3v) is 3.76. The van der Waals surface area contributed by atoms with Crippen LogP contribution in [0.4, 0.5) is 0 Å². The van der Waals surface area contributed by atoms with E-state index in [1.165, 1.54) is 19.3 Å². The smallest absolute Gasteiger partial charge is 0.264 e.